The van der Waals surface area contributed by atoms with Crippen molar-refractivity contribution in [2.75, 3.05) is 7.11 Å². The van der Waals surface area contributed by atoms with Crippen LogP contribution in [0.3, 0.4) is 0 Å². The van der Waals surface area contributed by atoms with Gasteiger partial charge in [0.25, 0.3) is 0 Å². The highest BCUT2D eigenvalue weighted by molar-refractivity contribution is 7.91. The SMILES string of the molecule is COc1ccc(-c2cc(S(=O)(=O)c3ccc(F)c(F)c3)nc3c(F)cccc23)cc1. The Labute approximate surface area is 170 Å². The van der Waals surface area contributed by atoms with Gasteiger partial charge in [0, 0.05) is 5.39 Å². The second-order valence-corrected chi connectivity index (χ2v) is 8.35. The molecule has 4 aromatic rings. The highest BCUT2D eigenvalue weighted by atomic mass is 32.2. The first-order chi connectivity index (χ1) is 14.3. The summed E-state index contributed by atoms with van der Waals surface area (Å²) in [5.74, 6) is -2.59. The third kappa shape index (κ3) is 3.39. The lowest BCUT2D eigenvalue weighted by molar-refractivity contribution is 0.415. The number of hydrogen-bond acceptors (Lipinski definition) is 4. The van der Waals surface area contributed by atoms with Crippen molar-refractivity contribution >= 4 is 20.7 Å². The van der Waals surface area contributed by atoms with Crippen molar-refractivity contribution < 1.29 is 26.3 Å². The summed E-state index contributed by atoms with van der Waals surface area (Å²) < 4.78 is 72.6. The van der Waals surface area contributed by atoms with Crippen molar-refractivity contribution in [1.29, 1.82) is 0 Å². The number of halogens is 3. The lowest BCUT2D eigenvalue weighted by atomic mass is 10.0. The number of ether oxygens (including phenoxy) is 1. The van der Waals surface area contributed by atoms with Crippen LogP contribution < -0.4 is 4.74 Å². The Morgan fingerprint density at radius 3 is 2.23 bits per heavy atom. The second kappa shape index (κ2) is 7.46. The molecular weight excluding hydrogens is 415 g/mol. The molecule has 0 N–H and O–H groups in total. The van der Waals surface area contributed by atoms with E-state index in [4.69, 9.17) is 4.74 Å². The van der Waals surface area contributed by atoms with Crippen molar-refractivity contribution in [3.8, 4) is 16.9 Å². The van der Waals surface area contributed by atoms with Gasteiger partial charge in [-0.25, -0.2) is 26.6 Å². The molecule has 0 saturated heterocycles. The molecule has 4 nitrogen and oxygen atoms in total. The number of para-hydroxylation sites is 1. The van der Waals surface area contributed by atoms with Crippen molar-refractivity contribution in [1.82, 2.24) is 4.98 Å². The van der Waals surface area contributed by atoms with E-state index in [1.165, 1.54) is 25.3 Å². The largest absolute Gasteiger partial charge is 0.497 e. The van der Waals surface area contributed by atoms with Crippen LogP contribution in [0.15, 0.2) is 76.7 Å². The fourth-order valence-corrected chi connectivity index (χ4v) is 4.33. The van der Waals surface area contributed by atoms with Crippen LogP contribution in [0.1, 0.15) is 0 Å². The van der Waals surface area contributed by atoms with Crippen LogP contribution in [-0.4, -0.2) is 20.5 Å². The van der Waals surface area contributed by atoms with E-state index >= 15 is 0 Å². The fourth-order valence-electron chi connectivity index (χ4n) is 3.10. The van der Waals surface area contributed by atoms with Crippen LogP contribution >= 0.6 is 0 Å². The van der Waals surface area contributed by atoms with E-state index in [2.05, 4.69) is 4.98 Å². The minimum Gasteiger partial charge on any atom is -0.497 e. The average Bonchev–Trinajstić information content (AvgIpc) is 2.75. The van der Waals surface area contributed by atoms with Crippen molar-refractivity contribution in [3.63, 3.8) is 0 Å². The molecule has 1 heterocycles. The number of pyridine rings is 1. The fraction of sp³-hybridized carbons (Fsp3) is 0.0455. The molecule has 0 radical (unpaired) electrons. The van der Waals surface area contributed by atoms with E-state index in [1.807, 2.05) is 0 Å². The van der Waals surface area contributed by atoms with E-state index in [1.54, 1.807) is 30.3 Å². The number of benzene rings is 3. The van der Waals surface area contributed by atoms with Gasteiger partial charge in [0.05, 0.1) is 12.0 Å². The Morgan fingerprint density at radius 1 is 0.833 bits per heavy atom. The smallest absolute Gasteiger partial charge is 0.223 e. The van der Waals surface area contributed by atoms with Gasteiger partial charge in [-0.05, 0) is 53.6 Å². The minimum atomic E-state index is -4.34. The lowest BCUT2D eigenvalue weighted by Gasteiger charge is -2.12. The van der Waals surface area contributed by atoms with E-state index < -0.39 is 37.2 Å². The summed E-state index contributed by atoms with van der Waals surface area (Å²) in [6.45, 7) is 0. The van der Waals surface area contributed by atoms with Crippen LogP contribution in [0, 0.1) is 17.5 Å². The first kappa shape index (κ1) is 19.9. The van der Waals surface area contributed by atoms with Crippen LogP contribution in [0.25, 0.3) is 22.0 Å². The third-order valence-electron chi connectivity index (χ3n) is 4.64. The van der Waals surface area contributed by atoms with Gasteiger partial charge in [0.2, 0.25) is 9.84 Å². The molecule has 0 aliphatic carbocycles. The molecule has 0 unspecified atom stereocenters. The molecule has 0 saturated carbocycles. The van der Waals surface area contributed by atoms with E-state index in [9.17, 15) is 21.6 Å². The molecule has 30 heavy (non-hydrogen) atoms. The monoisotopic (exact) mass is 429 g/mol. The maximum atomic E-state index is 14.5. The standard InChI is InChI=1S/C22H14F3NO3S/c1-29-14-7-5-13(6-8-14)17-12-21(26-22-16(17)3-2-4-19(22)24)30(27,28)15-9-10-18(23)20(25)11-15/h2-12H,1H3. The van der Waals surface area contributed by atoms with Crippen LogP contribution in [-0.2, 0) is 9.84 Å². The molecule has 3 aromatic carbocycles. The molecule has 1 aromatic heterocycles. The molecule has 0 aliphatic rings. The average molecular weight is 429 g/mol. The second-order valence-electron chi connectivity index (χ2n) is 6.45. The van der Waals surface area contributed by atoms with E-state index in [0.717, 1.165) is 6.07 Å². The normalized spacial score (nSPS) is 11.6. The summed E-state index contributed by atoms with van der Waals surface area (Å²) in [7, 11) is -2.83. The Balaban J connectivity index is 1.99. The van der Waals surface area contributed by atoms with E-state index in [-0.39, 0.29) is 5.52 Å². The summed E-state index contributed by atoms with van der Waals surface area (Å²) in [5.41, 5.74) is 0.880. The van der Waals surface area contributed by atoms with Crippen LogP contribution in [0.5, 0.6) is 5.75 Å². The van der Waals surface area contributed by atoms with Crippen LogP contribution in [0.2, 0.25) is 0 Å². The predicted octanol–water partition coefficient (Wildman–Crippen LogP) is 5.16. The first-order valence-corrected chi connectivity index (χ1v) is 10.2. The molecule has 0 atom stereocenters. The molecule has 0 spiro atoms. The quantitative estimate of drug-likeness (QED) is 0.421. The number of rotatable bonds is 4. The van der Waals surface area contributed by atoms with Gasteiger partial charge in [-0.2, -0.15) is 0 Å². The zero-order chi connectivity index (χ0) is 21.5. The highest BCUT2D eigenvalue weighted by Gasteiger charge is 2.24. The zero-order valence-corrected chi connectivity index (χ0v) is 16.4. The Kier molecular flexibility index (Phi) is 4.95. The molecule has 0 fully saturated rings. The van der Waals surface area contributed by atoms with Gasteiger partial charge in [-0.1, -0.05) is 24.3 Å². The summed E-state index contributed by atoms with van der Waals surface area (Å²) in [4.78, 5) is 3.51. The Bertz CT molecular complexity index is 1370. The summed E-state index contributed by atoms with van der Waals surface area (Å²) in [6, 6.07) is 14.6. The van der Waals surface area contributed by atoms with E-state index in [0.29, 0.717) is 34.4 Å². The van der Waals surface area contributed by atoms with Gasteiger partial charge < -0.3 is 4.74 Å². The molecular formula is C22H14F3NO3S. The summed E-state index contributed by atoms with van der Waals surface area (Å²) in [5, 5.41) is -0.0682. The number of sulfone groups is 1. The molecule has 8 heteroatoms. The summed E-state index contributed by atoms with van der Waals surface area (Å²) >= 11 is 0. The lowest BCUT2D eigenvalue weighted by Crippen LogP contribution is -2.07. The Morgan fingerprint density at radius 2 is 1.57 bits per heavy atom. The molecule has 0 aliphatic heterocycles. The first-order valence-electron chi connectivity index (χ1n) is 8.75. The van der Waals surface area contributed by atoms with Gasteiger partial charge >= 0.3 is 0 Å². The summed E-state index contributed by atoms with van der Waals surface area (Å²) in [6.07, 6.45) is 0. The number of aromatic nitrogens is 1. The number of fused-ring (bicyclic) bond motifs is 1. The maximum Gasteiger partial charge on any atom is 0.223 e. The Hall–Kier alpha value is -3.39. The minimum absolute atomic E-state index is 0.146. The maximum absolute atomic E-state index is 14.5. The number of methoxy groups -OCH3 is 1. The van der Waals surface area contributed by atoms with Gasteiger partial charge in [-0.15, -0.1) is 0 Å². The number of nitrogens with zero attached hydrogens (tertiary/aromatic N) is 1. The zero-order valence-electron chi connectivity index (χ0n) is 15.6. The molecule has 4 rings (SSSR count). The highest BCUT2D eigenvalue weighted by Crippen LogP contribution is 2.33. The molecule has 152 valence electrons. The topological polar surface area (TPSA) is 56.3 Å². The molecule has 0 bridgehead atoms. The third-order valence-corrected chi connectivity index (χ3v) is 6.28. The van der Waals surface area contributed by atoms with Crippen molar-refractivity contribution in [2.45, 2.75) is 9.92 Å². The van der Waals surface area contributed by atoms with Gasteiger partial charge in [0.15, 0.2) is 16.7 Å². The van der Waals surface area contributed by atoms with Gasteiger partial charge in [-0.3, -0.25) is 0 Å². The van der Waals surface area contributed by atoms with Crippen molar-refractivity contribution in [3.05, 3.63) is 84.2 Å². The van der Waals surface area contributed by atoms with Crippen molar-refractivity contribution in [2.24, 2.45) is 0 Å². The van der Waals surface area contributed by atoms with Crippen LogP contribution in [0.4, 0.5) is 13.2 Å². The molecule has 0 amide bonds. The number of hydrogen-bond donors (Lipinski definition) is 0. The van der Waals surface area contributed by atoms with Gasteiger partial charge in [0.1, 0.15) is 17.1 Å². The predicted molar refractivity (Wildman–Crippen MR) is 105 cm³/mol.